The molecule has 0 saturated heterocycles. The van der Waals surface area contributed by atoms with Gasteiger partial charge in [0.15, 0.2) is 0 Å². The van der Waals surface area contributed by atoms with Gasteiger partial charge in [-0.15, -0.1) is 0 Å². The molecule has 0 heterocycles. The number of carboxylic acids is 1. The smallest absolute Gasteiger partial charge is 0.310 e. The van der Waals surface area contributed by atoms with Crippen LogP contribution in [0, 0.1) is 5.41 Å². The molecule has 0 radical (unpaired) electrons. The molecule has 1 unspecified atom stereocenters. The van der Waals surface area contributed by atoms with Gasteiger partial charge >= 0.3 is 5.97 Å². The van der Waals surface area contributed by atoms with Gasteiger partial charge in [-0.1, -0.05) is 6.42 Å². The highest BCUT2D eigenvalue weighted by atomic mass is 16.4. The average molecular weight is 143 g/mol. The van der Waals surface area contributed by atoms with Crippen molar-refractivity contribution >= 4 is 5.97 Å². The van der Waals surface area contributed by atoms with Crippen LogP contribution in [-0.4, -0.2) is 17.1 Å². The Kier molecular flexibility index (Phi) is 1.68. The average Bonchev–Trinajstić information content (AvgIpc) is 2.15. The van der Waals surface area contributed by atoms with E-state index in [4.69, 9.17) is 10.8 Å². The van der Waals surface area contributed by atoms with Crippen LogP contribution in [0.4, 0.5) is 0 Å². The molecule has 10 heavy (non-hydrogen) atoms. The van der Waals surface area contributed by atoms with E-state index in [2.05, 4.69) is 0 Å². The third kappa shape index (κ3) is 0.904. The standard InChI is InChI=1S/C7H13NO2/c1-7(6(9)10)4-2-3-5(7)8/h5H,2-4,8H2,1H3,(H,9,10)/t5?,7-/m1/s1. The van der Waals surface area contributed by atoms with E-state index in [1.54, 1.807) is 6.92 Å². The van der Waals surface area contributed by atoms with Crippen LogP contribution in [-0.2, 0) is 4.79 Å². The summed E-state index contributed by atoms with van der Waals surface area (Å²) in [5.41, 5.74) is 4.98. The molecule has 0 bridgehead atoms. The first kappa shape index (κ1) is 7.54. The summed E-state index contributed by atoms with van der Waals surface area (Å²) in [5, 5.41) is 8.76. The molecular weight excluding hydrogens is 130 g/mol. The van der Waals surface area contributed by atoms with Gasteiger partial charge in [0.2, 0.25) is 0 Å². The van der Waals surface area contributed by atoms with Crippen molar-refractivity contribution in [1.82, 2.24) is 0 Å². The molecule has 0 amide bonds. The molecule has 0 aromatic heterocycles. The number of rotatable bonds is 1. The van der Waals surface area contributed by atoms with Gasteiger partial charge in [-0.3, -0.25) is 4.79 Å². The van der Waals surface area contributed by atoms with Gasteiger partial charge in [0.25, 0.3) is 0 Å². The first-order valence-corrected chi connectivity index (χ1v) is 3.56. The summed E-state index contributed by atoms with van der Waals surface area (Å²) in [6.07, 6.45) is 2.52. The summed E-state index contributed by atoms with van der Waals surface area (Å²) >= 11 is 0. The molecule has 1 fully saturated rings. The maximum Gasteiger partial charge on any atom is 0.310 e. The third-order valence-corrected chi connectivity index (χ3v) is 2.52. The fourth-order valence-corrected chi connectivity index (χ4v) is 1.46. The largest absolute Gasteiger partial charge is 0.481 e. The van der Waals surface area contributed by atoms with E-state index < -0.39 is 11.4 Å². The van der Waals surface area contributed by atoms with Crippen molar-refractivity contribution in [2.75, 3.05) is 0 Å². The molecule has 0 aliphatic heterocycles. The Morgan fingerprint density at radius 1 is 1.80 bits per heavy atom. The second kappa shape index (κ2) is 2.23. The summed E-state index contributed by atoms with van der Waals surface area (Å²) in [6, 6.07) is -0.148. The van der Waals surface area contributed by atoms with Gasteiger partial charge in [-0.25, -0.2) is 0 Å². The zero-order valence-corrected chi connectivity index (χ0v) is 6.13. The molecule has 58 valence electrons. The fraction of sp³-hybridized carbons (Fsp3) is 0.857. The minimum atomic E-state index is -0.752. The molecule has 2 atom stereocenters. The quantitative estimate of drug-likeness (QED) is 0.564. The Hall–Kier alpha value is -0.570. The van der Waals surface area contributed by atoms with Gasteiger partial charge in [-0.2, -0.15) is 0 Å². The number of hydrogen-bond acceptors (Lipinski definition) is 2. The molecule has 3 N–H and O–H groups in total. The Morgan fingerprint density at radius 3 is 2.60 bits per heavy atom. The molecule has 0 spiro atoms. The SMILES string of the molecule is C[C@@]1(C(=O)O)CCCC1N. The zero-order chi connectivity index (χ0) is 7.78. The van der Waals surface area contributed by atoms with E-state index in [1.165, 1.54) is 0 Å². The van der Waals surface area contributed by atoms with E-state index in [0.717, 1.165) is 19.3 Å². The Bertz CT molecular complexity index is 158. The number of carboxylic acid groups (broad SMARTS) is 1. The van der Waals surface area contributed by atoms with Gasteiger partial charge < -0.3 is 10.8 Å². The van der Waals surface area contributed by atoms with Crippen molar-refractivity contribution in [3.05, 3.63) is 0 Å². The predicted octanol–water partition coefficient (Wildman–Crippen LogP) is 0.589. The molecule has 1 rings (SSSR count). The third-order valence-electron chi connectivity index (χ3n) is 2.52. The minimum absolute atomic E-state index is 0.148. The van der Waals surface area contributed by atoms with Crippen molar-refractivity contribution in [2.24, 2.45) is 11.1 Å². The van der Waals surface area contributed by atoms with Crippen LogP contribution in [0.15, 0.2) is 0 Å². The Balaban J connectivity index is 2.75. The highest BCUT2D eigenvalue weighted by molar-refractivity contribution is 5.75. The van der Waals surface area contributed by atoms with Crippen LogP contribution in [0.5, 0.6) is 0 Å². The van der Waals surface area contributed by atoms with E-state index in [1.807, 2.05) is 0 Å². The van der Waals surface area contributed by atoms with Crippen molar-refractivity contribution < 1.29 is 9.90 Å². The van der Waals surface area contributed by atoms with E-state index in [-0.39, 0.29) is 6.04 Å². The lowest BCUT2D eigenvalue weighted by Gasteiger charge is -2.22. The predicted molar refractivity (Wildman–Crippen MR) is 37.6 cm³/mol. The normalized spacial score (nSPS) is 40.0. The van der Waals surface area contributed by atoms with Gasteiger partial charge in [0.05, 0.1) is 5.41 Å². The van der Waals surface area contributed by atoms with Crippen LogP contribution in [0.3, 0.4) is 0 Å². The van der Waals surface area contributed by atoms with Gasteiger partial charge in [-0.05, 0) is 19.8 Å². The van der Waals surface area contributed by atoms with Crippen LogP contribution >= 0.6 is 0 Å². The van der Waals surface area contributed by atoms with Crippen LogP contribution in [0.1, 0.15) is 26.2 Å². The zero-order valence-electron chi connectivity index (χ0n) is 6.13. The summed E-state index contributed by atoms with van der Waals surface area (Å²) < 4.78 is 0. The minimum Gasteiger partial charge on any atom is -0.481 e. The van der Waals surface area contributed by atoms with E-state index in [9.17, 15) is 4.79 Å². The number of nitrogens with two attached hydrogens (primary N) is 1. The highest BCUT2D eigenvalue weighted by Crippen LogP contribution is 2.36. The number of hydrogen-bond donors (Lipinski definition) is 2. The molecule has 3 heteroatoms. The second-order valence-corrected chi connectivity index (χ2v) is 3.22. The van der Waals surface area contributed by atoms with E-state index >= 15 is 0 Å². The lowest BCUT2D eigenvalue weighted by Crippen LogP contribution is -2.40. The van der Waals surface area contributed by atoms with Crippen molar-refractivity contribution in [3.63, 3.8) is 0 Å². The van der Waals surface area contributed by atoms with Crippen LogP contribution in [0.25, 0.3) is 0 Å². The summed E-state index contributed by atoms with van der Waals surface area (Å²) in [6.45, 7) is 1.73. The summed E-state index contributed by atoms with van der Waals surface area (Å²) in [4.78, 5) is 10.7. The van der Waals surface area contributed by atoms with Crippen LogP contribution < -0.4 is 5.73 Å². The number of aliphatic carboxylic acids is 1. The first-order chi connectivity index (χ1) is 4.57. The molecule has 0 aromatic rings. The van der Waals surface area contributed by atoms with Gasteiger partial charge in [0.1, 0.15) is 0 Å². The van der Waals surface area contributed by atoms with Crippen LogP contribution in [0.2, 0.25) is 0 Å². The van der Waals surface area contributed by atoms with Crippen molar-refractivity contribution in [3.8, 4) is 0 Å². The topological polar surface area (TPSA) is 63.3 Å². The maximum atomic E-state index is 10.7. The fourth-order valence-electron chi connectivity index (χ4n) is 1.46. The van der Waals surface area contributed by atoms with Gasteiger partial charge in [0, 0.05) is 6.04 Å². The molecule has 1 aliphatic carbocycles. The second-order valence-electron chi connectivity index (χ2n) is 3.22. The van der Waals surface area contributed by atoms with Crippen molar-refractivity contribution in [1.29, 1.82) is 0 Å². The highest BCUT2D eigenvalue weighted by Gasteiger charge is 2.42. The lowest BCUT2D eigenvalue weighted by molar-refractivity contribution is -0.148. The summed E-state index contributed by atoms with van der Waals surface area (Å²) in [5.74, 6) is -0.752. The monoisotopic (exact) mass is 143 g/mol. The molecule has 3 nitrogen and oxygen atoms in total. The first-order valence-electron chi connectivity index (χ1n) is 3.56. The lowest BCUT2D eigenvalue weighted by atomic mass is 9.86. The van der Waals surface area contributed by atoms with Crippen molar-refractivity contribution in [2.45, 2.75) is 32.2 Å². The molecule has 1 saturated carbocycles. The Labute approximate surface area is 60.2 Å². The summed E-state index contributed by atoms with van der Waals surface area (Å²) in [7, 11) is 0. The maximum absolute atomic E-state index is 10.7. The molecular formula is C7H13NO2. The van der Waals surface area contributed by atoms with E-state index in [0.29, 0.717) is 0 Å². The Morgan fingerprint density at radius 2 is 2.40 bits per heavy atom. The number of carbonyl (C=O) groups is 1. The molecule has 0 aromatic carbocycles. The molecule has 1 aliphatic rings.